The van der Waals surface area contributed by atoms with Gasteiger partial charge in [-0.15, -0.1) is 0 Å². The molecule has 2 aromatic carbocycles. The van der Waals surface area contributed by atoms with Crippen LogP contribution in [0.1, 0.15) is 15.9 Å². The number of carbonyl (C=O) groups is 1. The maximum absolute atomic E-state index is 11.2. The molecule has 2 rings (SSSR count). The molecule has 0 saturated carbocycles. The average Bonchev–Trinajstić information content (AvgIpc) is 2.43. The van der Waals surface area contributed by atoms with Crippen LogP contribution >= 0.6 is 11.6 Å². The van der Waals surface area contributed by atoms with Crippen LogP contribution in [0.2, 0.25) is 5.02 Å². The number of amides is 1. The van der Waals surface area contributed by atoms with E-state index in [9.17, 15) is 4.79 Å². The summed E-state index contributed by atoms with van der Waals surface area (Å²) in [7, 11) is 0. The molecule has 0 heterocycles. The van der Waals surface area contributed by atoms with Crippen LogP contribution in [-0.2, 0) is 0 Å². The lowest BCUT2D eigenvalue weighted by Crippen LogP contribution is -2.11. The summed E-state index contributed by atoms with van der Waals surface area (Å²) in [6.07, 6.45) is 0. The van der Waals surface area contributed by atoms with Crippen LogP contribution in [-0.4, -0.2) is 5.91 Å². The zero-order valence-electron chi connectivity index (χ0n) is 10.4. The second-order valence-corrected chi connectivity index (χ2v) is 4.50. The summed E-state index contributed by atoms with van der Waals surface area (Å²) in [5.74, 6) is -0.551. The molecule has 2 aromatic rings. The Morgan fingerprint density at radius 3 is 2.60 bits per heavy atom. The van der Waals surface area contributed by atoms with Crippen LogP contribution in [0.3, 0.4) is 0 Å². The molecule has 0 radical (unpaired) electrons. The third kappa shape index (κ3) is 2.82. The van der Waals surface area contributed by atoms with Gasteiger partial charge in [-0.25, -0.2) is 0 Å². The largest absolute Gasteiger partial charge is 0.397 e. The topological polar surface area (TPSA) is 105 Å². The Hall–Kier alpha value is -2.71. The van der Waals surface area contributed by atoms with E-state index in [1.54, 1.807) is 24.3 Å². The number of nitrogen functional groups attached to an aromatic ring is 1. The minimum Gasteiger partial charge on any atom is -0.397 e. The summed E-state index contributed by atoms with van der Waals surface area (Å²) in [6, 6.07) is 11.5. The summed E-state index contributed by atoms with van der Waals surface area (Å²) in [4.78, 5) is 11.2. The summed E-state index contributed by atoms with van der Waals surface area (Å²) in [5, 5.41) is 12.3. The van der Waals surface area contributed by atoms with Gasteiger partial charge in [0.05, 0.1) is 33.7 Å². The van der Waals surface area contributed by atoms with E-state index in [0.717, 1.165) is 0 Å². The first kappa shape index (κ1) is 13.7. The highest BCUT2D eigenvalue weighted by atomic mass is 35.5. The molecular weight excluding hydrogens is 276 g/mol. The summed E-state index contributed by atoms with van der Waals surface area (Å²) < 4.78 is 0. The molecule has 0 aromatic heterocycles. The van der Waals surface area contributed by atoms with Crippen LogP contribution in [0, 0.1) is 11.3 Å². The maximum Gasteiger partial charge on any atom is 0.248 e. The molecule has 0 saturated heterocycles. The molecule has 0 bridgehead atoms. The average molecular weight is 287 g/mol. The number of primary amides is 1. The number of anilines is 3. The number of rotatable bonds is 3. The van der Waals surface area contributed by atoms with Crippen molar-refractivity contribution >= 4 is 34.6 Å². The predicted molar refractivity (Wildman–Crippen MR) is 78.8 cm³/mol. The molecule has 100 valence electrons. The van der Waals surface area contributed by atoms with E-state index in [4.69, 9.17) is 28.3 Å². The molecule has 0 aliphatic heterocycles. The number of hydrogen-bond acceptors (Lipinski definition) is 4. The van der Waals surface area contributed by atoms with Crippen LogP contribution in [0.15, 0.2) is 36.4 Å². The highest BCUT2D eigenvalue weighted by Crippen LogP contribution is 2.29. The normalized spacial score (nSPS) is 9.80. The van der Waals surface area contributed by atoms with Crippen molar-refractivity contribution in [3.05, 3.63) is 52.5 Å². The second kappa shape index (κ2) is 5.51. The molecule has 5 nitrogen and oxygen atoms in total. The summed E-state index contributed by atoms with van der Waals surface area (Å²) in [5.41, 5.74) is 13.3. The molecule has 0 aliphatic carbocycles. The standard InChI is InChI=1S/C14H11ClN4O/c15-10-3-1-8(7-16)5-12(10)19-13-6-9(14(18)20)2-4-11(13)17/h1-6,19H,17H2,(H2,18,20). The number of nitrogens with zero attached hydrogens (tertiary/aromatic N) is 1. The molecule has 20 heavy (non-hydrogen) atoms. The van der Waals surface area contributed by atoms with Gasteiger partial charge in [0, 0.05) is 5.56 Å². The van der Waals surface area contributed by atoms with E-state index in [0.29, 0.717) is 33.2 Å². The van der Waals surface area contributed by atoms with E-state index in [1.807, 2.05) is 6.07 Å². The van der Waals surface area contributed by atoms with Crippen molar-refractivity contribution in [2.45, 2.75) is 0 Å². The lowest BCUT2D eigenvalue weighted by atomic mass is 10.1. The first-order valence-corrected chi connectivity index (χ1v) is 6.05. The van der Waals surface area contributed by atoms with Crippen molar-refractivity contribution in [3.8, 4) is 6.07 Å². The monoisotopic (exact) mass is 286 g/mol. The fraction of sp³-hybridized carbons (Fsp3) is 0. The Balaban J connectivity index is 2.42. The van der Waals surface area contributed by atoms with Gasteiger partial charge in [-0.3, -0.25) is 4.79 Å². The molecule has 1 amide bonds. The van der Waals surface area contributed by atoms with Crippen molar-refractivity contribution in [2.75, 3.05) is 11.1 Å². The molecule has 0 spiro atoms. The predicted octanol–water partition coefficient (Wildman–Crippen LogP) is 2.64. The van der Waals surface area contributed by atoms with Crippen LogP contribution in [0.5, 0.6) is 0 Å². The zero-order chi connectivity index (χ0) is 14.7. The summed E-state index contributed by atoms with van der Waals surface area (Å²) >= 11 is 6.05. The molecule has 5 N–H and O–H groups in total. The third-order valence-electron chi connectivity index (χ3n) is 2.70. The molecular formula is C14H11ClN4O. The van der Waals surface area contributed by atoms with Crippen LogP contribution < -0.4 is 16.8 Å². The first-order chi connectivity index (χ1) is 9.51. The number of halogens is 1. The Morgan fingerprint density at radius 2 is 1.95 bits per heavy atom. The first-order valence-electron chi connectivity index (χ1n) is 5.67. The lowest BCUT2D eigenvalue weighted by molar-refractivity contribution is 0.100. The number of nitrogens with one attached hydrogen (secondary N) is 1. The van der Waals surface area contributed by atoms with Crippen molar-refractivity contribution < 1.29 is 4.79 Å². The minimum atomic E-state index is -0.551. The second-order valence-electron chi connectivity index (χ2n) is 4.10. The Morgan fingerprint density at radius 1 is 1.20 bits per heavy atom. The zero-order valence-corrected chi connectivity index (χ0v) is 11.1. The van der Waals surface area contributed by atoms with E-state index >= 15 is 0 Å². The maximum atomic E-state index is 11.2. The number of nitriles is 1. The van der Waals surface area contributed by atoms with Crippen LogP contribution in [0.4, 0.5) is 17.1 Å². The Labute approximate surface area is 120 Å². The molecule has 0 aliphatic rings. The quantitative estimate of drug-likeness (QED) is 0.754. The Bertz CT molecular complexity index is 722. The molecule has 0 atom stereocenters. The van der Waals surface area contributed by atoms with Gasteiger partial charge in [-0.1, -0.05) is 11.6 Å². The Kier molecular flexibility index (Phi) is 3.78. The van der Waals surface area contributed by atoms with Gasteiger partial charge in [0.25, 0.3) is 0 Å². The third-order valence-corrected chi connectivity index (χ3v) is 3.03. The SMILES string of the molecule is N#Cc1ccc(Cl)c(Nc2cc(C(N)=O)ccc2N)c1. The fourth-order valence-corrected chi connectivity index (χ4v) is 1.82. The van der Waals surface area contributed by atoms with Gasteiger partial charge in [0.1, 0.15) is 0 Å². The van der Waals surface area contributed by atoms with Gasteiger partial charge in [0.2, 0.25) is 5.91 Å². The molecule has 6 heteroatoms. The van der Waals surface area contributed by atoms with Crippen molar-refractivity contribution in [1.29, 1.82) is 5.26 Å². The smallest absolute Gasteiger partial charge is 0.248 e. The van der Waals surface area contributed by atoms with Crippen molar-refractivity contribution in [2.24, 2.45) is 5.73 Å². The van der Waals surface area contributed by atoms with E-state index in [1.165, 1.54) is 12.1 Å². The number of nitrogens with two attached hydrogens (primary N) is 2. The van der Waals surface area contributed by atoms with Gasteiger partial charge in [0.15, 0.2) is 0 Å². The van der Waals surface area contributed by atoms with E-state index in [2.05, 4.69) is 5.32 Å². The molecule has 0 unspecified atom stereocenters. The summed E-state index contributed by atoms with van der Waals surface area (Å²) in [6.45, 7) is 0. The van der Waals surface area contributed by atoms with E-state index < -0.39 is 5.91 Å². The highest BCUT2D eigenvalue weighted by Gasteiger charge is 2.08. The van der Waals surface area contributed by atoms with Gasteiger partial charge >= 0.3 is 0 Å². The van der Waals surface area contributed by atoms with Crippen LogP contribution in [0.25, 0.3) is 0 Å². The van der Waals surface area contributed by atoms with Gasteiger partial charge < -0.3 is 16.8 Å². The fourth-order valence-electron chi connectivity index (χ4n) is 1.65. The lowest BCUT2D eigenvalue weighted by Gasteiger charge is -2.12. The van der Waals surface area contributed by atoms with E-state index in [-0.39, 0.29) is 0 Å². The van der Waals surface area contributed by atoms with Gasteiger partial charge in [-0.2, -0.15) is 5.26 Å². The molecule has 0 fully saturated rings. The van der Waals surface area contributed by atoms with Crippen molar-refractivity contribution in [3.63, 3.8) is 0 Å². The van der Waals surface area contributed by atoms with Crippen molar-refractivity contribution in [1.82, 2.24) is 0 Å². The number of hydrogen-bond donors (Lipinski definition) is 3. The highest BCUT2D eigenvalue weighted by molar-refractivity contribution is 6.33. The number of benzene rings is 2. The number of carbonyl (C=O) groups excluding carboxylic acids is 1. The van der Waals surface area contributed by atoms with Gasteiger partial charge in [-0.05, 0) is 36.4 Å². The minimum absolute atomic E-state index is 0.328.